The summed E-state index contributed by atoms with van der Waals surface area (Å²) in [4.78, 5) is 17.0. The van der Waals surface area contributed by atoms with E-state index in [0.717, 1.165) is 24.8 Å². The minimum Gasteiger partial charge on any atom is -0.441 e. The van der Waals surface area contributed by atoms with Gasteiger partial charge in [-0.05, 0) is 61.6 Å². The summed E-state index contributed by atoms with van der Waals surface area (Å²) in [5, 5.41) is 3.69. The van der Waals surface area contributed by atoms with Gasteiger partial charge in [0.2, 0.25) is 11.8 Å². The third-order valence-electron chi connectivity index (χ3n) is 5.28. The Labute approximate surface area is 183 Å². The van der Waals surface area contributed by atoms with E-state index in [4.69, 9.17) is 16.0 Å². The first-order valence-corrected chi connectivity index (χ1v) is 11.8. The van der Waals surface area contributed by atoms with Gasteiger partial charge in [0.05, 0.1) is 17.5 Å². The summed E-state index contributed by atoms with van der Waals surface area (Å²) in [6.07, 6.45) is 2.98. The lowest BCUT2D eigenvalue weighted by Crippen LogP contribution is -2.34. The minimum atomic E-state index is -1.38. The van der Waals surface area contributed by atoms with Gasteiger partial charge in [-0.15, -0.1) is 0 Å². The van der Waals surface area contributed by atoms with Gasteiger partial charge in [-0.2, -0.15) is 0 Å². The van der Waals surface area contributed by atoms with Crippen LogP contribution in [0.5, 0.6) is 0 Å². The third-order valence-corrected chi connectivity index (χ3v) is 6.71. The number of aromatic nitrogens is 1. The maximum atomic E-state index is 12.6. The van der Waals surface area contributed by atoms with Crippen LogP contribution in [0, 0.1) is 6.92 Å². The molecular weight excluding hydrogens is 420 g/mol. The average Bonchev–Trinajstić information content (AvgIpc) is 3.09. The molecule has 1 heterocycles. The minimum absolute atomic E-state index is 0.00950. The molecule has 1 N–H and O–H groups in total. The maximum Gasteiger partial charge on any atom is 0.233 e. The van der Waals surface area contributed by atoms with E-state index in [1.54, 1.807) is 19.1 Å². The van der Waals surface area contributed by atoms with E-state index in [2.05, 4.69) is 22.4 Å². The molecule has 1 amide bonds. The Morgan fingerprint density at radius 3 is 2.80 bits per heavy atom. The van der Waals surface area contributed by atoms with E-state index >= 15 is 0 Å². The van der Waals surface area contributed by atoms with Crippen LogP contribution in [0.1, 0.15) is 41.5 Å². The Hall–Kier alpha value is -2.44. The number of fused-ring (bicyclic) bond motifs is 1. The second-order valence-corrected chi connectivity index (χ2v) is 9.36. The van der Waals surface area contributed by atoms with Crippen LogP contribution in [-0.2, 0) is 27.8 Å². The number of oxazole rings is 1. The molecule has 1 aliphatic carbocycles. The van der Waals surface area contributed by atoms with E-state index in [1.807, 2.05) is 24.3 Å². The lowest BCUT2D eigenvalue weighted by molar-refractivity contribution is -0.119. The summed E-state index contributed by atoms with van der Waals surface area (Å²) < 4.78 is 18.3. The molecule has 7 heteroatoms. The van der Waals surface area contributed by atoms with Gasteiger partial charge in [0.15, 0.2) is 0 Å². The number of carbonyl (C=O) groups is 1. The van der Waals surface area contributed by atoms with E-state index in [-0.39, 0.29) is 23.5 Å². The molecule has 2 aromatic carbocycles. The van der Waals surface area contributed by atoms with Crippen molar-refractivity contribution < 1.29 is 13.4 Å². The smallest absolute Gasteiger partial charge is 0.233 e. The predicted molar refractivity (Wildman–Crippen MR) is 119 cm³/mol. The van der Waals surface area contributed by atoms with E-state index in [9.17, 15) is 9.00 Å². The predicted octanol–water partition coefficient (Wildman–Crippen LogP) is 4.75. The zero-order valence-corrected chi connectivity index (χ0v) is 18.3. The van der Waals surface area contributed by atoms with Crippen LogP contribution in [0.25, 0.3) is 11.5 Å². The van der Waals surface area contributed by atoms with Gasteiger partial charge < -0.3 is 9.73 Å². The number of hydrogen-bond acceptors (Lipinski definition) is 4. The van der Waals surface area contributed by atoms with Gasteiger partial charge >= 0.3 is 0 Å². The summed E-state index contributed by atoms with van der Waals surface area (Å²) >= 11 is 5.92. The second kappa shape index (κ2) is 9.14. The highest BCUT2D eigenvalue weighted by Gasteiger charge is 2.22. The first-order valence-electron chi connectivity index (χ1n) is 9.94. The van der Waals surface area contributed by atoms with Gasteiger partial charge in [0.1, 0.15) is 11.5 Å². The number of rotatable bonds is 6. The first-order chi connectivity index (χ1) is 14.5. The quantitative estimate of drug-likeness (QED) is 0.598. The number of aryl methyl sites for hydroxylation is 2. The van der Waals surface area contributed by atoms with Crippen molar-refractivity contribution in [1.82, 2.24) is 10.3 Å². The largest absolute Gasteiger partial charge is 0.441 e. The SMILES string of the molecule is Cc1oc(-c2ccc(Cl)cc2)nc1C[S@](=O)CC(=O)N[C@@H]1CCCc2ccccc21. The highest BCUT2D eigenvalue weighted by atomic mass is 35.5. The Morgan fingerprint density at radius 2 is 2.00 bits per heavy atom. The van der Waals surface area contributed by atoms with Crippen LogP contribution < -0.4 is 5.32 Å². The summed E-state index contributed by atoms with van der Waals surface area (Å²) in [6, 6.07) is 15.4. The monoisotopic (exact) mass is 442 g/mol. The van der Waals surface area contributed by atoms with Crippen molar-refractivity contribution >= 4 is 28.3 Å². The van der Waals surface area contributed by atoms with Crippen LogP contribution in [0.3, 0.4) is 0 Å². The highest BCUT2D eigenvalue weighted by molar-refractivity contribution is 7.84. The molecule has 1 aromatic heterocycles. The number of carbonyl (C=O) groups excluding carboxylic acids is 1. The normalized spacial score (nSPS) is 16.7. The molecule has 0 aliphatic heterocycles. The fourth-order valence-electron chi connectivity index (χ4n) is 3.77. The first kappa shape index (κ1) is 20.8. The van der Waals surface area contributed by atoms with Crippen molar-refractivity contribution in [3.63, 3.8) is 0 Å². The number of benzene rings is 2. The molecule has 2 atom stereocenters. The standard InChI is InChI=1S/C23H23ClN2O3S/c1-15-21(26-23(29-15)17-9-11-18(24)12-10-17)13-30(28)14-22(27)25-20-8-4-6-16-5-2-3-7-19(16)20/h2-3,5,7,9-12,20H,4,6,8,13-14H2,1H3,(H,25,27)/t20-,30+/m1/s1. The zero-order chi connectivity index (χ0) is 21.1. The molecule has 156 valence electrons. The van der Waals surface area contributed by atoms with E-state index < -0.39 is 10.8 Å². The van der Waals surface area contributed by atoms with Crippen LogP contribution in [0.15, 0.2) is 52.9 Å². The van der Waals surface area contributed by atoms with Crippen molar-refractivity contribution in [2.24, 2.45) is 0 Å². The number of halogens is 1. The molecule has 30 heavy (non-hydrogen) atoms. The van der Waals surface area contributed by atoms with Crippen molar-refractivity contribution in [3.05, 3.63) is 76.1 Å². The van der Waals surface area contributed by atoms with Crippen LogP contribution in [0.4, 0.5) is 0 Å². The molecule has 0 fully saturated rings. The summed E-state index contributed by atoms with van der Waals surface area (Å²) in [5.74, 6) is 0.988. The Morgan fingerprint density at radius 1 is 1.23 bits per heavy atom. The van der Waals surface area contributed by atoms with Gasteiger partial charge in [0, 0.05) is 21.4 Å². The fraction of sp³-hybridized carbons (Fsp3) is 0.304. The lowest BCUT2D eigenvalue weighted by Gasteiger charge is -2.26. The van der Waals surface area contributed by atoms with Crippen molar-refractivity contribution in [2.75, 3.05) is 5.75 Å². The maximum absolute atomic E-state index is 12.6. The molecule has 1 aliphatic rings. The topological polar surface area (TPSA) is 72.2 Å². The molecule has 0 saturated heterocycles. The highest BCUT2D eigenvalue weighted by Crippen LogP contribution is 2.29. The lowest BCUT2D eigenvalue weighted by atomic mass is 9.88. The Bertz CT molecular complexity index is 1080. The van der Waals surface area contributed by atoms with Crippen molar-refractivity contribution in [2.45, 2.75) is 38.0 Å². The molecule has 3 aromatic rings. The molecule has 0 bridgehead atoms. The molecule has 0 saturated carbocycles. The van der Waals surface area contributed by atoms with Gasteiger partial charge in [-0.3, -0.25) is 9.00 Å². The van der Waals surface area contributed by atoms with Crippen molar-refractivity contribution in [1.29, 1.82) is 0 Å². The molecular formula is C23H23ClN2O3S. The fourth-order valence-corrected chi connectivity index (χ4v) is 4.94. The van der Waals surface area contributed by atoms with Gasteiger partial charge in [0.25, 0.3) is 0 Å². The van der Waals surface area contributed by atoms with Crippen molar-refractivity contribution in [3.8, 4) is 11.5 Å². The van der Waals surface area contributed by atoms with Crippen LogP contribution in [-0.4, -0.2) is 20.9 Å². The summed E-state index contributed by atoms with van der Waals surface area (Å²) in [7, 11) is -1.38. The Balaban J connectivity index is 1.37. The third kappa shape index (κ3) is 4.82. The van der Waals surface area contributed by atoms with Gasteiger partial charge in [-0.25, -0.2) is 4.98 Å². The van der Waals surface area contributed by atoms with Crippen LogP contribution >= 0.6 is 11.6 Å². The van der Waals surface area contributed by atoms with Crippen LogP contribution in [0.2, 0.25) is 5.02 Å². The second-order valence-electron chi connectivity index (χ2n) is 7.47. The van der Waals surface area contributed by atoms with Gasteiger partial charge in [-0.1, -0.05) is 35.9 Å². The van der Waals surface area contributed by atoms with E-state index in [1.165, 1.54) is 11.1 Å². The molecule has 4 rings (SSSR count). The Kier molecular flexibility index (Phi) is 6.35. The number of nitrogens with one attached hydrogen (secondary N) is 1. The number of nitrogens with zero attached hydrogens (tertiary/aromatic N) is 1. The summed E-state index contributed by atoms with van der Waals surface area (Å²) in [6.45, 7) is 1.79. The molecule has 0 spiro atoms. The average molecular weight is 443 g/mol. The number of hydrogen-bond donors (Lipinski definition) is 1. The molecule has 0 radical (unpaired) electrons. The number of amides is 1. The van der Waals surface area contributed by atoms with E-state index in [0.29, 0.717) is 22.4 Å². The summed E-state index contributed by atoms with van der Waals surface area (Å²) in [5.41, 5.74) is 3.85. The molecule has 5 nitrogen and oxygen atoms in total. The molecule has 0 unspecified atom stereocenters. The zero-order valence-electron chi connectivity index (χ0n) is 16.7.